The van der Waals surface area contributed by atoms with Crippen molar-refractivity contribution in [2.75, 3.05) is 5.75 Å². The average Bonchev–Trinajstić information content (AvgIpc) is 2.97. The molecule has 0 N–H and O–H groups in total. The van der Waals surface area contributed by atoms with Crippen LogP contribution in [0.2, 0.25) is 0 Å². The minimum Gasteiger partial charge on any atom is -0.120 e. The first-order valence-electron chi connectivity index (χ1n) is 11.9. The number of rotatable bonds is 5. The Bertz CT molecular complexity index is 1420. The van der Waals surface area contributed by atoms with Crippen molar-refractivity contribution in [1.29, 1.82) is 0 Å². The van der Waals surface area contributed by atoms with Gasteiger partial charge in [-0.2, -0.15) is 0 Å². The summed E-state index contributed by atoms with van der Waals surface area (Å²) in [4.78, 5) is 1.27. The summed E-state index contributed by atoms with van der Waals surface area (Å²) < 4.78 is 0. The van der Waals surface area contributed by atoms with E-state index in [4.69, 9.17) is 0 Å². The highest BCUT2D eigenvalue weighted by Crippen LogP contribution is 2.44. The van der Waals surface area contributed by atoms with Gasteiger partial charge in [0, 0.05) is 10.7 Å². The van der Waals surface area contributed by atoms with Gasteiger partial charge in [0.25, 0.3) is 0 Å². The van der Waals surface area contributed by atoms with Crippen LogP contribution in [0.3, 0.4) is 0 Å². The molecule has 0 fully saturated rings. The molecule has 0 aliphatic carbocycles. The maximum Gasteiger partial charge on any atom is 0.0232 e. The fourth-order valence-corrected chi connectivity index (χ4v) is 5.76. The highest BCUT2D eigenvalue weighted by atomic mass is 32.2. The highest BCUT2D eigenvalue weighted by Gasteiger charge is 2.20. The molecule has 1 aliphatic rings. The lowest BCUT2D eigenvalue weighted by Crippen LogP contribution is -1.96. The van der Waals surface area contributed by atoms with Crippen molar-refractivity contribution >= 4 is 33.9 Å². The van der Waals surface area contributed by atoms with Gasteiger partial charge in [-0.3, -0.25) is 0 Å². The van der Waals surface area contributed by atoms with Crippen molar-refractivity contribution in [3.8, 4) is 11.1 Å². The maximum absolute atomic E-state index is 4.47. The first kappa shape index (κ1) is 23.0. The van der Waals surface area contributed by atoms with Crippen LogP contribution >= 0.6 is 11.8 Å². The Balaban J connectivity index is 1.78. The summed E-state index contributed by atoms with van der Waals surface area (Å²) in [6, 6.07) is 38.8. The molecule has 0 atom stereocenters. The Morgan fingerprint density at radius 1 is 0.686 bits per heavy atom. The number of allylic oxidation sites excluding steroid dienone is 3. The normalized spacial score (nSPS) is 17.4. The quantitative estimate of drug-likeness (QED) is 0.263. The minimum absolute atomic E-state index is 0.785. The topological polar surface area (TPSA) is 0 Å². The Labute approximate surface area is 213 Å². The van der Waals surface area contributed by atoms with Crippen LogP contribution in [0.4, 0.5) is 0 Å². The molecule has 1 aliphatic heterocycles. The Kier molecular flexibility index (Phi) is 6.97. The van der Waals surface area contributed by atoms with Crippen LogP contribution in [0.5, 0.6) is 0 Å². The van der Waals surface area contributed by atoms with E-state index in [1.807, 2.05) is 17.8 Å². The Morgan fingerprint density at radius 3 is 2.06 bits per heavy atom. The van der Waals surface area contributed by atoms with Crippen molar-refractivity contribution in [3.63, 3.8) is 0 Å². The molecule has 0 nitrogen and oxygen atoms in total. The zero-order valence-corrected chi connectivity index (χ0v) is 20.6. The molecule has 0 saturated carbocycles. The van der Waals surface area contributed by atoms with Crippen LogP contribution in [0.25, 0.3) is 33.3 Å². The molecule has 0 unspecified atom stereocenters. The molecule has 0 aromatic heterocycles. The van der Waals surface area contributed by atoms with E-state index in [0.29, 0.717) is 0 Å². The van der Waals surface area contributed by atoms with Crippen LogP contribution in [0.1, 0.15) is 28.7 Å². The van der Waals surface area contributed by atoms with Gasteiger partial charge in [0.15, 0.2) is 0 Å². The van der Waals surface area contributed by atoms with Gasteiger partial charge < -0.3 is 0 Å². The Morgan fingerprint density at radius 2 is 1.31 bits per heavy atom. The summed E-state index contributed by atoms with van der Waals surface area (Å²) in [5, 5.41) is 0. The van der Waals surface area contributed by atoms with Crippen LogP contribution in [0, 0.1) is 0 Å². The van der Waals surface area contributed by atoms with Crippen LogP contribution in [0.15, 0.2) is 134 Å². The second kappa shape index (κ2) is 10.6. The van der Waals surface area contributed by atoms with Gasteiger partial charge in [-0.15, -0.1) is 18.3 Å². The molecule has 0 amide bonds. The number of thioether (sulfide) groups is 1. The predicted molar refractivity (Wildman–Crippen MR) is 156 cm³/mol. The molecule has 0 bridgehead atoms. The summed E-state index contributed by atoms with van der Waals surface area (Å²) in [5.41, 5.74) is 11.0. The van der Waals surface area contributed by atoms with Gasteiger partial charge in [0.05, 0.1) is 0 Å². The lowest BCUT2D eigenvalue weighted by molar-refractivity contribution is 1.32. The molecular weight excluding hydrogens is 440 g/mol. The van der Waals surface area contributed by atoms with Crippen molar-refractivity contribution in [3.05, 3.63) is 156 Å². The first-order chi connectivity index (χ1) is 17.2. The molecule has 35 heavy (non-hydrogen) atoms. The largest absolute Gasteiger partial charge is 0.120 e. The van der Waals surface area contributed by atoms with E-state index in [9.17, 15) is 0 Å². The van der Waals surface area contributed by atoms with E-state index in [1.54, 1.807) is 0 Å². The molecule has 0 radical (unpaired) electrons. The van der Waals surface area contributed by atoms with Crippen LogP contribution in [-0.4, -0.2) is 5.75 Å². The summed E-state index contributed by atoms with van der Waals surface area (Å²) in [5.74, 6) is 0.827. The fraction of sp³-hybridized carbons (Fsp3) is 0.0588. The molecular formula is C34H28S. The number of hydrogen-bond acceptors (Lipinski definition) is 1. The van der Waals surface area contributed by atoms with Gasteiger partial charge >= 0.3 is 0 Å². The third-order valence-electron chi connectivity index (χ3n) is 6.27. The van der Waals surface area contributed by atoms with E-state index in [-0.39, 0.29) is 0 Å². The second-order valence-corrected chi connectivity index (χ2v) is 9.64. The lowest BCUT2D eigenvalue weighted by Gasteiger charge is -2.19. The number of fused-ring (bicyclic) bond motifs is 1. The highest BCUT2D eigenvalue weighted by molar-refractivity contribution is 8.08. The summed E-state index contributed by atoms with van der Waals surface area (Å²) in [6.45, 7) is 8.56. The molecule has 0 spiro atoms. The third kappa shape index (κ3) is 5.01. The Hall–Kier alpha value is -3.81. The maximum atomic E-state index is 4.47. The SMILES string of the molecule is C=CCC1=C/c2ccccc2C(=C)CS/C(c2cccc(-c3ccccc3)c2)=C\1c1ccccc1. The molecule has 4 aromatic rings. The van der Waals surface area contributed by atoms with Crippen LogP contribution < -0.4 is 0 Å². The molecule has 0 saturated heterocycles. The van der Waals surface area contributed by atoms with Gasteiger partial charge in [0.2, 0.25) is 0 Å². The summed E-state index contributed by atoms with van der Waals surface area (Å²) >= 11 is 1.88. The minimum atomic E-state index is 0.785. The zero-order valence-electron chi connectivity index (χ0n) is 19.8. The first-order valence-corrected chi connectivity index (χ1v) is 12.9. The van der Waals surface area contributed by atoms with Gasteiger partial charge in [0.1, 0.15) is 0 Å². The van der Waals surface area contributed by atoms with E-state index in [2.05, 4.69) is 128 Å². The molecule has 5 rings (SSSR count). The van der Waals surface area contributed by atoms with E-state index >= 15 is 0 Å². The third-order valence-corrected chi connectivity index (χ3v) is 7.49. The van der Waals surface area contributed by atoms with Crippen molar-refractivity contribution in [2.24, 2.45) is 0 Å². The van der Waals surface area contributed by atoms with Crippen molar-refractivity contribution in [2.45, 2.75) is 6.42 Å². The summed E-state index contributed by atoms with van der Waals surface area (Å²) in [7, 11) is 0. The van der Waals surface area contributed by atoms with Crippen molar-refractivity contribution in [1.82, 2.24) is 0 Å². The molecule has 4 aromatic carbocycles. The number of hydrogen-bond donors (Lipinski definition) is 0. The number of benzene rings is 4. The smallest absolute Gasteiger partial charge is 0.0232 e. The zero-order chi connectivity index (χ0) is 24.0. The van der Waals surface area contributed by atoms with E-state index < -0.39 is 0 Å². The monoisotopic (exact) mass is 468 g/mol. The van der Waals surface area contributed by atoms with Crippen LogP contribution in [-0.2, 0) is 0 Å². The lowest BCUT2D eigenvalue weighted by atomic mass is 9.90. The average molecular weight is 469 g/mol. The van der Waals surface area contributed by atoms with Gasteiger partial charge in [-0.1, -0.05) is 122 Å². The standard InChI is InChI=1S/C34H28S/c1-3-13-30-23-29-18-10-11-21-32(29)25(2)24-35-34(33(30)27-16-8-5-9-17-27)31-20-12-19-28(22-31)26-14-6-4-7-15-26/h3-12,14-23H,1-2,13,24H2/b30-23-,34-33-. The molecule has 1 heterocycles. The molecule has 170 valence electrons. The predicted octanol–water partition coefficient (Wildman–Crippen LogP) is 9.64. The summed E-state index contributed by atoms with van der Waals surface area (Å²) in [6.07, 6.45) is 5.12. The van der Waals surface area contributed by atoms with Gasteiger partial charge in [-0.25, -0.2) is 0 Å². The van der Waals surface area contributed by atoms with Crippen molar-refractivity contribution < 1.29 is 0 Å². The van der Waals surface area contributed by atoms with E-state index in [0.717, 1.165) is 17.7 Å². The second-order valence-electron chi connectivity index (χ2n) is 8.66. The fourth-order valence-electron chi connectivity index (χ4n) is 4.60. The molecule has 1 heteroatoms. The van der Waals surface area contributed by atoms with E-state index in [1.165, 1.54) is 49.4 Å². The van der Waals surface area contributed by atoms with Gasteiger partial charge in [-0.05, 0) is 62.6 Å².